The van der Waals surface area contributed by atoms with Gasteiger partial charge in [0.05, 0.1) is 11.7 Å². The number of aromatic nitrogens is 2. The lowest BCUT2D eigenvalue weighted by molar-refractivity contribution is -0.0373. The van der Waals surface area contributed by atoms with Crippen LogP contribution in [0.5, 0.6) is 0 Å². The Bertz CT molecular complexity index is 1180. The van der Waals surface area contributed by atoms with Gasteiger partial charge in [0.25, 0.3) is 5.91 Å². The molecule has 7 heteroatoms. The van der Waals surface area contributed by atoms with Gasteiger partial charge in [-0.1, -0.05) is 31.9 Å². The summed E-state index contributed by atoms with van der Waals surface area (Å²) < 4.78 is 5.81. The van der Waals surface area contributed by atoms with E-state index in [9.17, 15) is 4.79 Å². The molecule has 7 nitrogen and oxygen atoms in total. The first-order valence-corrected chi connectivity index (χ1v) is 13.1. The molecule has 2 fully saturated rings. The van der Waals surface area contributed by atoms with E-state index in [2.05, 4.69) is 69.5 Å². The minimum Gasteiger partial charge on any atom is -0.381 e. The lowest BCUT2D eigenvalue weighted by atomic mass is 9.75. The number of piperazine rings is 1. The van der Waals surface area contributed by atoms with Crippen molar-refractivity contribution in [3.8, 4) is 12.3 Å². The van der Waals surface area contributed by atoms with E-state index in [1.54, 1.807) is 0 Å². The van der Waals surface area contributed by atoms with E-state index in [0.717, 1.165) is 82.7 Å². The van der Waals surface area contributed by atoms with E-state index in [4.69, 9.17) is 11.2 Å². The summed E-state index contributed by atoms with van der Waals surface area (Å²) in [7, 11) is 0. The highest BCUT2D eigenvalue weighted by Crippen LogP contribution is 2.44. The lowest BCUT2D eigenvalue weighted by Gasteiger charge is -2.48. The zero-order valence-electron chi connectivity index (χ0n) is 21.5. The van der Waals surface area contributed by atoms with Gasteiger partial charge in [0, 0.05) is 50.6 Å². The molecule has 3 heterocycles. The van der Waals surface area contributed by atoms with Gasteiger partial charge in [-0.25, -0.2) is 4.98 Å². The molecule has 190 valence electrons. The van der Waals surface area contributed by atoms with Crippen molar-refractivity contribution in [2.75, 3.05) is 44.7 Å². The van der Waals surface area contributed by atoms with E-state index in [0.29, 0.717) is 11.1 Å². The first-order chi connectivity index (χ1) is 17.4. The second kappa shape index (κ2) is 10.2. The number of benzene rings is 1. The third-order valence-electron chi connectivity index (χ3n) is 8.11. The lowest BCUT2D eigenvalue weighted by Crippen LogP contribution is -2.56. The second-order valence-corrected chi connectivity index (χ2v) is 11.0. The number of rotatable bonds is 5. The van der Waals surface area contributed by atoms with Crippen molar-refractivity contribution in [2.45, 2.75) is 51.5 Å². The first-order valence-electron chi connectivity index (χ1n) is 13.1. The van der Waals surface area contributed by atoms with Crippen LogP contribution >= 0.6 is 0 Å². The summed E-state index contributed by atoms with van der Waals surface area (Å²) in [5.74, 6) is 2.42. The van der Waals surface area contributed by atoms with Gasteiger partial charge in [0.15, 0.2) is 5.82 Å². The van der Waals surface area contributed by atoms with Crippen molar-refractivity contribution in [1.29, 1.82) is 0 Å². The van der Waals surface area contributed by atoms with Crippen LogP contribution in [0, 0.1) is 17.8 Å². The Morgan fingerprint density at radius 3 is 2.64 bits per heavy atom. The minimum atomic E-state index is -0.287. The Hall–Kier alpha value is -2.92. The maximum Gasteiger partial charge on any atom is 0.291 e. The molecule has 2 aliphatic heterocycles. The molecule has 3 N–H and O–H groups in total. The molecule has 1 aliphatic carbocycles. The fourth-order valence-corrected chi connectivity index (χ4v) is 5.81. The number of amides is 1. The van der Waals surface area contributed by atoms with Crippen LogP contribution in [-0.2, 0) is 10.3 Å². The number of hydrogen-bond acceptors (Lipinski definition) is 5. The van der Waals surface area contributed by atoms with Gasteiger partial charge in [-0.05, 0) is 60.8 Å². The van der Waals surface area contributed by atoms with Crippen LogP contribution in [0.3, 0.4) is 0 Å². The van der Waals surface area contributed by atoms with E-state index in [-0.39, 0.29) is 17.3 Å². The largest absolute Gasteiger partial charge is 0.381 e. The molecule has 1 aromatic heterocycles. The van der Waals surface area contributed by atoms with Crippen molar-refractivity contribution in [3.05, 3.63) is 53.1 Å². The van der Waals surface area contributed by atoms with Gasteiger partial charge in [-0.3, -0.25) is 9.69 Å². The molecule has 2 saturated heterocycles. The van der Waals surface area contributed by atoms with Gasteiger partial charge < -0.3 is 20.4 Å². The van der Waals surface area contributed by atoms with Crippen molar-refractivity contribution >= 4 is 17.2 Å². The molecular weight excluding hydrogens is 450 g/mol. The SMILES string of the molecule is C#Cc1cnc(C(=O)Nc2ccc(C3(N4CCNCC4)CCOCC3)cc2C2=CCC(C)(C)CC2)[nH]1. The molecule has 5 rings (SSSR count). The van der Waals surface area contributed by atoms with Crippen molar-refractivity contribution in [2.24, 2.45) is 5.41 Å². The number of nitrogens with one attached hydrogen (secondary N) is 3. The number of imidazole rings is 1. The highest BCUT2D eigenvalue weighted by atomic mass is 16.5. The summed E-state index contributed by atoms with van der Waals surface area (Å²) in [5.41, 5.74) is 5.29. The Kier molecular flexibility index (Phi) is 7.03. The Labute approximate surface area is 214 Å². The fraction of sp³-hybridized carbons (Fsp3) is 0.517. The summed E-state index contributed by atoms with van der Waals surface area (Å²) in [5, 5.41) is 6.61. The zero-order valence-corrected chi connectivity index (χ0v) is 21.5. The number of carbonyl (C=O) groups is 1. The highest BCUT2D eigenvalue weighted by molar-refractivity contribution is 6.03. The van der Waals surface area contributed by atoms with Crippen molar-refractivity contribution < 1.29 is 9.53 Å². The van der Waals surface area contributed by atoms with Gasteiger partial charge in [-0.2, -0.15) is 0 Å². The van der Waals surface area contributed by atoms with E-state index in [1.807, 2.05) is 0 Å². The predicted octanol–water partition coefficient (Wildman–Crippen LogP) is 4.15. The summed E-state index contributed by atoms with van der Waals surface area (Å²) in [6.45, 7) is 10.2. The third kappa shape index (κ3) is 4.99. The van der Waals surface area contributed by atoms with E-state index < -0.39 is 0 Å². The molecule has 0 radical (unpaired) electrons. The number of hydrogen-bond donors (Lipinski definition) is 3. The van der Waals surface area contributed by atoms with Crippen LogP contribution in [0.25, 0.3) is 5.57 Å². The molecule has 36 heavy (non-hydrogen) atoms. The second-order valence-electron chi connectivity index (χ2n) is 11.0. The maximum atomic E-state index is 13.1. The Morgan fingerprint density at radius 2 is 1.97 bits per heavy atom. The van der Waals surface area contributed by atoms with E-state index in [1.165, 1.54) is 17.3 Å². The molecule has 2 aromatic rings. The molecule has 0 bridgehead atoms. The molecule has 0 spiro atoms. The van der Waals surface area contributed by atoms with Gasteiger partial charge in [0.1, 0.15) is 5.69 Å². The number of carbonyl (C=O) groups excluding carboxylic acids is 1. The number of ether oxygens (including phenoxy) is 1. The van der Waals surface area contributed by atoms with Gasteiger partial charge in [0.2, 0.25) is 0 Å². The monoisotopic (exact) mass is 487 g/mol. The normalized spacial score (nSPS) is 21.9. The molecule has 1 amide bonds. The minimum absolute atomic E-state index is 0.0468. The van der Waals surface area contributed by atoms with E-state index >= 15 is 0 Å². The fourth-order valence-electron chi connectivity index (χ4n) is 5.81. The summed E-state index contributed by atoms with van der Waals surface area (Å²) in [6, 6.07) is 6.62. The van der Waals surface area contributed by atoms with Crippen LogP contribution in [0.15, 0.2) is 30.5 Å². The highest BCUT2D eigenvalue weighted by Gasteiger charge is 2.41. The average Bonchev–Trinajstić information content (AvgIpc) is 3.40. The smallest absolute Gasteiger partial charge is 0.291 e. The van der Waals surface area contributed by atoms with Gasteiger partial charge in [-0.15, -0.1) is 6.42 Å². The summed E-state index contributed by atoms with van der Waals surface area (Å²) >= 11 is 0. The molecule has 3 aliphatic rings. The number of aromatic amines is 1. The van der Waals surface area contributed by atoms with Crippen LogP contribution in [-0.4, -0.2) is 60.2 Å². The average molecular weight is 488 g/mol. The van der Waals surface area contributed by atoms with Crippen LogP contribution < -0.4 is 10.6 Å². The standard InChI is InChI=1S/C29H37N5O2/c1-4-23-20-31-26(32-23)27(35)33-25-6-5-22(19-24(25)21-7-9-28(2,3)10-8-21)29(11-17-36-18-12-29)34-15-13-30-14-16-34/h1,5-7,19-20,30H,8-18H2,2-3H3,(H,31,32)(H,33,35). The number of nitrogens with zero attached hydrogens (tertiary/aromatic N) is 2. The molecule has 1 aromatic carbocycles. The Balaban J connectivity index is 1.53. The van der Waals surface area contributed by atoms with Crippen LogP contribution in [0.1, 0.15) is 73.4 Å². The zero-order chi connectivity index (χ0) is 25.2. The summed E-state index contributed by atoms with van der Waals surface area (Å²) in [4.78, 5) is 22.8. The van der Waals surface area contributed by atoms with Crippen LogP contribution in [0.4, 0.5) is 5.69 Å². The van der Waals surface area contributed by atoms with Gasteiger partial charge >= 0.3 is 0 Å². The van der Waals surface area contributed by atoms with Crippen molar-refractivity contribution in [1.82, 2.24) is 20.2 Å². The quantitative estimate of drug-likeness (QED) is 0.552. The molecule has 0 unspecified atom stereocenters. The molecule has 0 atom stereocenters. The third-order valence-corrected chi connectivity index (χ3v) is 8.11. The first kappa shape index (κ1) is 24.8. The Morgan fingerprint density at radius 1 is 1.19 bits per heavy atom. The predicted molar refractivity (Wildman–Crippen MR) is 143 cm³/mol. The topological polar surface area (TPSA) is 82.3 Å². The maximum absolute atomic E-state index is 13.1. The summed E-state index contributed by atoms with van der Waals surface area (Å²) in [6.07, 6.45) is 14.4. The molecular formula is C29H37N5O2. The number of anilines is 1. The molecule has 0 saturated carbocycles. The van der Waals surface area contributed by atoms with Crippen molar-refractivity contribution in [3.63, 3.8) is 0 Å². The van der Waals surface area contributed by atoms with Crippen LogP contribution in [0.2, 0.25) is 0 Å². The number of allylic oxidation sites excluding steroid dienone is 2. The number of terminal acetylenes is 1. The number of H-pyrrole nitrogens is 1.